The van der Waals surface area contributed by atoms with Gasteiger partial charge in [-0.2, -0.15) is 0 Å². The Balaban J connectivity index is 1.69. The Morgan fingerprint density at radius 1 is 1.23 bits per heavy atom. The summed E-state index contributed by atoms with van der Waals surface area (Å²) < 4.78 is 0. The molecular weight excluding hydrogens is 324 g/mol. The molecule has 26 heavy (non-hydrogen) atoms. The molecule has 6 heteroatoms. The van der Waals surface area contributed by atoms with Gasteiger partial charge in [0.2, 0.25) is 0 Å². The summed E-state index contributed by atoms with van der Waals surface area (Å²) in [6.45, 7) is 10.7. The van der Waals surface area contributed by atoms with Crippen molar-refractivity contribution in [3.63, 3.8) is 0 Å². The Labute approximate surface area is 155 Å². The zero-order valence-electron chi connectivity index (χ0n) is 15.8. The Morgan fingerprint density at radius 2 is 2.12 bits per heavy atom. The number of fused-ring (bicyclic) bond motifs is 1. The molecule has 1 saturated heterocycles. The molecule has 0 spiro atoms. The molecule has 2 aromatic rings. The van der Waals surface area contributed by atoms with E-state index in [2.05, 4.69) is 33.9 Å². The van der Waals surface area contributed by atoms with Gasteiger partial charge in [-0.15, -0.1) is 0 Å². The number of aromatic nitrogens is 3. The highest BCUT2D eigenvalue weighted by atomic mass is 15.3. The monoisotopic (exact) mass is 352 g/mol. The molecule has 0 radical (unpaired) electrons. The quantitative estimate of drug-likeness (QED) is 0.889. The molecule has 4 rings (SSSR count). The minimum absolute atomic E-state index is 0.621. The van der Waals surface area contributed by atoms with Crippen LogP contribution in [0.25, 0.3) is 11.5 Å². The second-order valence-electron chi connectivity index (χ2n) is 7.05. The van der Waals surface area contributed by atoms with E-state index in [-0.39, 0.29) is 0 Å². The molecular formula is C20H28N6. The molecule has 138 valence electrons. The lowest BCUT2D eigenvalue weighted by Gasteiger charge is -2.28. The number of hydrogen-bond acceptors (Lipinski definition) is 6. The minimum atomic E-state index is 0.621. The summed E-state index contributed by atoms with van der Waals surface area (Å²) in [5.41, 5.74) is 3.30. The van der Waals surface area contributed by atoms with E-state index in [0.717, 1.165) is 68.7 Å². The van der Waals surface area contributed by atoms with Crippen molar-refractivity contribution in [1.82, 2.24) is 25.2 Å². The lowest BCUT2D eigenvalue weighted by molar-refractivity contribution is 0.232. The Bertz CT molecular complexity index is 743. The van der Waals surface area contributed by atoms with Gasteiger partial charge in [0.25, 0.3) is 0 Å². The highest BCUT2D eigenvalue weighted by Gasteiger charge is 2.30. The van der Waals surface area contributed by atoms with Crippen LogP contribution in [0.15, 0.2) is 24.4 Å². The number of likely N-dealkylation sites (N-methyl/N-ethyl adjacent to an activating group) is 1. The van der Waals surface area contributed by atoms with Crippen LogP contribution in [0.4, 0.5) is 5.82 Å². The van der Waals surface area contributed by atoms with E-state index in [1.165, 1.54) is 12.0 Å². The van der Waals surface area contributed by atoms with Crippen LogP contribution in [0.1, 0.15) is 31.5 Å². The Morgan fingerprint density at radius 3 is 2.88 bits per heavy atom. The van der Waals surface area contributed by atoms with E-state index in [9.17, 15) is 0 Å². The fraction of sp³-hybridized carbons (Fsp3) is 0.550. The maximum atomic E-state index is 4.99. The van der Waals surface area contributed by atoms with Gasteiger partial charge >= 0.3 is 0 Å². The van der Waals surface area contributed by atoms with Gasteiger partial charge in [-0.1, -0.05) is 19.9 Å². The Hall–Kier alpha value is -2.05. The van der Waals surface area contributed by atoms with Crippen molar-refractivity contribution in [2.75, 3.05) is 37.6 Å². The summed E-state index contributed by atoms with van der Waals surface area (Å²) in [7, 11) is 0. The first-order valence-corrected chi connectivity index (χ1v) is 9.81. The van der Waals surface area contributed by atoms with Crippen LogP contribution in [-0.2, 0) is 13.0 Å². The predicted octanol–water partition coefficient (Wildman–Crippen LogP) is 2.10. The van der Waals surface area contributed by atoms with Crippen LogP contribution in [0.3, 0.4) is 0 Å². The van der Waals surface area contributed by atoms with E-state index in [1.807, 2.05) is 24.4 Å². The summed E-state index contributed by atoms with van der Waals surface area (Å²) in [6.07, 6.45) is 4.01. The zero-order chi connectivity index (χ0) is 17.9. The maximum absolute atomic E-state index is 4.99. The molecule has 0 aliphatic carbocycles. The van der Waals surface area contributed by atoms with Crippen molar-refractivity contribution in [1.29, 1.82) is 0 Å². The van der Waals surface area contributed by atoms with E-state index in [1.54, 1.807) is 0 Å². The maximum Gasteiger partial charge on any atom is 0.180 e. The van der Waals surface area contributed by atoms with Crippen molar-refractivity contribution in [2.45, 2.75) is 39.3 Å². The van der Waals surface area contributed by atoms with Crippen LogP contribution in [0.2, 0.25) is 0 Å². The highest BCUT2D eigenvalue weighted by Crippen LogP contribution is 2.30. The lowest BCUT2D eigenvalue weighted by atomic mass is 10.1. The van der Waals surface area contributed by atoms with Gasteiger partial charge in [0.15, 0.2) is 5.82 Å². The van der Waals surface area contributed by atoms with E-state index in [4.69, 9.17) is 9.97 Å². The molecule has 1 atom stereocenters. The van der Waals surface area contributed by atoms with Gasteiger partial charge in [-0.25, -0.2) is 9.97 Å². The van der Waals surface area contributed by atoms with Gasteiger partial charge < -0.3 is 10.2 Å². The molecule has 0 unspecified atom stereocenters. The average molecular weight is 352 g/mol. The predicted molar refractivity (Wildman–Crippen MR) is 104 cm³/mol. The van der Waals surface area contributed by atoms with Crippen LogP contribution < -0.4 is 10.2 Å². The Kier molecular flexibility index (Phi) is 5.13. The number of pyridine rings is 1. The normalized spacial score (nSPS) is 19.8. The average Bonchev–Trinajstić information content (AvgIpc) is 3.18. The molecule has 0 bridgehead atoms. The third-order valence-corrected chi connectivity index (χ3v) is 5.60. The number of rotatable bonds is 5. The molecule has 1 fully saturated rings. The third-order valence-electron chi connectivity index (χ3n) is 5.60. The van der Waals surface area contributed by atoms with E-state index < -0.39 is 0 Å². The number of nitrogens with one attached hydrogen (secondary N) is 1. The number of hydrogen-bond donors (Lipinski definition) is 1. The summed E-state index contributed by atoms with van der Waals surface area (Å²) in [5, 5.41) is 3.45. The van der Waals surface area contributed by atoms with Crippen molar-refractivity contribution in [3.05, 3.63) is 35.7 Å². The highest BCUT2D eigenvalue weighted by molar-refractivity contribution is 5.59. The first-order valence-electron chi connectivity index (χ1n) is 9.81. The van der Waals surface area contributed by atoms with Gasteiger partial charge in [-0.3, -0.25) is 9.88 Å². The molecule has 2 aliphatic heterocycles. The standard InChI is InChI=1S/C20H28N6/c1-3-25(4-2)15-9-12-26(14-15)20-16-8-11-21-13-18(16)23-19(24-20)17-7-5-6-10-22-17/h5-7,10,15,21H,3-4,8-9,11-14H2,1-2H3/t15-/m1/s1. The van der Waals surface area contributed by atoms with Crippen molar-refractivity contribution in [3.8, 4) is 11.5 Å². The molecule has 2 aromatic heterocycles. The summed E-state index contributed by atoms with van der Waals surface area (Å²) >= 11 is 0. The third kappa shape index (κ3) is 3.31. The largest absolute Gasteiger partial charge is 0.355 e. The van der Waals surface area contributed by atoms with Crippen molar-refractivity contribution < 1.29 is 0 Å². The number of anilines is 1. The fourth-order valence-corrected chi connectivity index (χ4v) is 4.18. The first kappa shape index (κ1) is 17.4. The SMILES string of the molecule is CCN(CC)[C@@H]1CCN(c2nc(-c3ccccn3)nc3c2CCNC3)C1. The van der Waals surface area contributed by atoms with E-state index in [0.29, 0.717) is 6.04 Å². The molecule has 0 amide bonds. The number of nitrogens with zero attached hydrogens (tertiary/aromatic N) is 5. The second-order valence-corrected chi connectivity index (χ2v) is 7.05. The summed E-state index contributed by atoms with van der Waals surface area (Å²) in [5.74, 6) is 1.88. The smallest absolute Gasteiger partial charge is 0.180 e. The molecule has 6 nitrogen and oxygen atoms in total. The lowest BCUT2D eigenvalue weighted by Crippen LogP contribution is -2.38. The van der Waals surface area contributed by atoms with Gasteiger partial charge in [0, 0.05) is 37.4 Å². The second kappa shape index (κ2) is 7.68. The van der Waals surface area contributed by atoms with E-state index >= 15 is 0 Å². The minimum Gasteiger partial charge on any atom is -0.355 e. The fourth-order valence-electron chi connectivity index (χ4n) is 4.18. The van der Waals surface area contributed by atoms with Gasteiger partial charge in [0.05, 0.1) is 5.69 Å². The van der Waals surface area contributed by atoms with Crippen LogP contribution in [0.5, 0.6) is 0 Å². The molecule has 0 saturated carbocycles. The van der Waals surface area contributed by atoms with Gasteiger partial charge in [-0.05, 0) is 44.6 Å². The van der Waals surface area contributed by atoms with Gasteiger partial charge in [0.1, 0.15) is 11.5 Å². The molecule has 4 heterocycles. The molecule has 1 N–H and O–H groups in total. The van der Waals surface area contributed by atoms with Crippen molar-refractivity contribution in [2.24, 2.45) is 0 Å². The van der Waals surface area contributed by atoms with Crippen LogP contribution >= 0.6 is 0 Å². The summed E-state index contributed by atoms with van der Waals surface area (Å²) in [4.78, 5) is 19.3. The zero-order valence-corrected chi connectivity index (χ0v) is 15.8. The van der Waals surface area contributed by atoms with Crippen LogP contribution in [0, 0.1) is 0 Å². The topological polar surface area (TPSA) is 57.2 Å². The van der Waals surface area contributed by atoms with Crippen LogP contribution in [-0.4, -0.2) is 58.6 Å². The molecule has 2 aliphatic rings. The van der Waals surface area contributed by atoms with Crippen molar-refractivity contribution >= 4 is 5.82 Å². The first-order chi connectivity index (χ1) is 12.8. The summed E-state index contributed by atoms with van der Waals surface area (Å²) in [6, 6.07) is 6.54. The molecule has 0 aromatic carbocycles.